The fourth-order valence-corrected chi connectivity index (χ4v) is 1.65. The summed E-state index contributed by atoms with van der Waals surface area (Å²) in [6.45, 7) is 3.00. The molecular weight excluding hydrogens is 236 g/mol. The number of hydrogen-bond donors (Lipinski definition) is 3. The average Bonchev–Trinajstić information content (AvgIpc) is 2.70. The monoisotopic (exact) mass is 252 g/mol. The van der Waals surface area contributed by atoms with Crippen LogP contribution in [0.2, 0.25) is 0 Å². The second-order valence-corrected chi connectivity index (χ2v) is 3.85. The number of aliphatic hydroxyl groups excluding tert-OH is 1. The molecule has 0 aromatic carbocycles. The zero-order valence-corrected chi connectivity index (χ0v) is 10.1. The number of rotatable bonds is 5. The molecule has 0 saturated carbocycles. The standard InChI is InChI=1S/C10H16N6O2/c1-2-18-4-6(17)3-16-5-13-7-8(11)14-10(12)15-9(7)16/h5-6,17H,2-4H2,1H3,(H4,11,12,14,15)/t6-/m1/s1. The van der Waals surface area contributed by atoms with E-state index >= 15 is 0 Å². The molecule has 0 spiro atoms. The van der Waals surface area contributed by atoms with E-state index in [4.69, 9.17) is 16.2 Å². The molecular formula is C10H16N6O2. The van der Waals surface area contributed by atoms with Crippen molar-refractivity contribution in [3.63, 3.8) is 0 Å². The third kappa shape index (κ3) is 2.49. The van der Waals surface area contributed by atoms with Gasteiger partial charge in [0.15, 0.2) is 11.5 Å². The second-order valence-electron chi connectivity index (χ2n) is 3.85. The molecule has 2 aromatic rings. The first-order chi connectivity index (χ1) is 8.61. The van der Waals surface area contributed by atoms with Crippen molar-refractivity contribution >= 4 is 22.9 Å². The maximum Gasteiger partial charge on any atom is 0.224 e. The first kappa shape index (κ1) is 12.5. The molecule has 18 heavy (non-hydrogen) atoms. The Hall–Kier alpha value is -1.93. The summed E-state index contributed by atoms with van der Waals surface area (Å²) in [5.74, 6) is 0.316. The van der Waals surface area contributed by atoms with E-state index in [2.05, 4.69) is 15.0 Å². The van der Waals surface area contributed by atoms with Crippen molar-refractivity contribution in [3.05, 3.63) is 6.33 Å². The third-order valence-corrected chi connectivity index (χ3v) is 2.43. The molecule has 0 radical (unpaired) electrons. The molecule has 0 amide bonds. The smallest absolute Gasteiger partial charge is 0.224 e. The number of aromatic nitrogens is 4. The van der Waals surface area contributed by atoms with Gasteiger partial charge in [-0.05, 0) is 6.92 Å². The van der Waals surface area contributed by atoms with Crippen molar-refractivity contribution in [2.75, 3.05) is 24.7 Å². The van der Waals surface area contributed by atoms with E-state index < -0.39 is 6.10 Å². The molecule has 0 saturated heterocycles. The zero-order valence-electron chi connectivity index (χ0n) is 10.1. The summed E-state index contributed by atoms with van der Waals surface area (Å²) >= 11 is 0. The Kier molecular flexibility index (Phi) is 3.58. The van der Waals surface area contributed by atoms with Gasteiger partial charge in [0, 0.05) is 6.61 Å². The lowest BCUT2D eigenvalue weighted by Gasteiger charge is -2.11. The van der Waals surface area contributed by atoms with Crippen LogP contribution in [0, 0.1) is 0 Å². The highest BCUT2D eigenvalue weighted by Gasteiger charge is 2.12. The Morgan fingerprint density at radius 3 is 2.94 bits per heavy atom. The summed E-state index contributed by atoms with van der Waals surface area (Å²) in [4.78, 5) is 12.0. The fraction of sp³-hybridized carbons (Fsp3) is 0.500. The van der Waals surface area contributed by atoms with Crippen LogP contribution in [0.4, 0.5) is 11.8 Å². The van der Waals surface area contributed by atoms with E-state index in [9.17, 15) is 5.11 Å². The Labute approximate surface area is 104 Å². The van der Waals surface area contributed by atoms with Crippen molar-refractivity contribution in [1.29, 1.82) is 0 Å². The predicted octanol–water partition coefficient (Wildman–Crippen LogP) is -0.612. The molecule has 8 heteroatoms. The van der Waals surface area contributed by atoms with Crippen molar-refractivity contribution in [1.82, 2.24) is 19.5 Å². The molecule has 1 atom stereocenters. The van der Waals surface area contributed by atoms with Gasteiger partial charge < -0.3 is 25.9 Å². The summed E-state index contributed by atoms with van der Waals surface area (Å²) < 4.78 is 6.81. The van der Waals surface area contributed by atoms with Gasteiger partial charge in [-0.3, -0.25) is 0 Å². The highest BCUT2D eigenvalue weighted by Crippen LogP contribution is 2.17. The molecule has 0 fully saturated rings. The first-order valence-electron chi connectivity index (χ1n) is 5.61. The molecule has 0 unspecified atom stereocenters. The molecule has 0 bridgehead atoms. The number of nitrogens with zero attached hydrogens (tertiary/aromatic N) is 4. The van der Waals surface area contributed by atoms with Crippen LogP contribution in [0.1, 0.15) is 6.92 Å². The minimum atomic E-state index is -0.639. The SMILES string of the molecule is CCOC[C@H](O)Cn1cnc2c(N)nc(N)nc21. The number of nitrogen functional groups attached to an aromatic ring is 2. The molecule has 2 aromatic heterocycles. The summed E-state index contributed by atoms with van der Waals surface area (Å²) in [6, 6.07) is 0. The van der Waals surface area contributed by atoms with Gasteiger partial charge in [0.05, 0.1) is 25.6 Å². The predicted molar refractivity (Wildman–Crippen MR) is 66.6 cm³/mol. The van der Waals surface area contributed by atoms with E-state index in [1.807, 2.05) is 6.92 Å². The van der Waals surface area contributed by atoms with Crippen LogP contribution in [-0.4, -0.2) is 43.9 Å². The zero-order chi connectivity index (χ0) is 13.1. The van der Waals surface area contributed by atoms with Gasteiger partial charge in [0.25, 0.3) is 0 Å². The number of nitrogens with two attached hydrogens (primary N) is 2. The second kappa shape index (κ2) is 5.15. The van der Waals surface area contributed by atoms with E-state index in [0.29, 0.717) is 24.3 Å². The van der Waals surface area contributed by atoms with Crippen LogP contribution < -0.4 is 11.5 Å². The Morgan fingerprint density at radius 2 is 2.22 bits per heavy atom. The van der Waals surface area contributed by atoms with E-state index in [1.165, 1.54) is 0 Å². The Bertz CT molecular complexity index is 540. The van der Waals surface area contributed by atoms with Gasteiger partial charge in [-0.1, -0.05) is 0 Å². The van der Waals surface area contributed by atoms with Gasteiger partial charge in [-0.15, -0.1) is 0 Å². The van der Waals surface area contributed by atoms with Crippen LogP contribution in [0.15, 0.2) is 6.33 Å². The summed E-state index contributed by atoms with van der Waals surface area (Å²) in [5.41, 5.74) is 12.2. The molecule has 5 N–H and O–H groups in total. The van der Waals surface area contributed by atoms with Crippen LogP contribution in [0.5, 0.6) is 0 Å². The first-order valence-corrected chi connectivity index (χ1v) is 5.61. The molecule has 0 aliphatic rings. The van der Waals surface area contributed by atoms with Crippen LogP contribution in [-0.2, 0) is 11.3 Å². The maximum atomic E-state index is 9.77. The van der Waals surface area contributed by atoms with Crippen molar-refractivity contribution in [2.24, 2.45) is 0 Å². The van der Waals surface area contributed by atoms with Crippen LogP contribution >= 0.6 is 0 Å². The number of anilines is 2. The third-order valence-electron chi connectivity index (χ3n) is 2.43. The van der Waals surface area contributed by atoms with E-state index in [0.717, 1.165) is 0 Å². The minimum absolute atomic E-state index is 0.0843. The number of aliphatic hydroxyl groups is 1. The van der Waals surface area contributed by atoms with Gasteiger partial charge in [-0.25, -0.2) is 4.98 Å². The summed E-state index contributed by atoms with van der Waals surface area (Å²) in [5, 5.41) is 9.77. The molecule has 0 aliphatic heterocycles. The lowest BCUT2D eigenvalue weighted by Crippen LogP contribution is -2.21. The fourth-order valence-electron chi connectivity index (χ4n) is 1.65. The normalized spacial score (nSPS) is 13.0. The van der Waals surface area contributed by atoms with Crippen LogP contribution in [0.25, 0.3) is 11.2 Å². The molecule has 0 aliphatic carbocycles. The molecule has 98 valence electrons. The molecule has 2 heterocycles. The van der Waals surface area contributed by atoms with Crippen LogP contribution in [0.3, 0.4) is 0 Å². The van der Waals surface area contributed by atoms with Crippen molar-refractivity contribution < 1.29 is 9.84 Å². The minimum Gasteiger partial charge on any atom is -0.389 e. The summed E-state index contributed by atoms with van der Waals surface area (Å²) in [7, 11) is 0. The largest absolute Gasteiger partial charge is 0.389 e. The maximum absolute atomic E-state index is 9.77. The topological polar surface area (TPSA) is 125 Å². The molecule has 2 rings (SSSR count). The highest BCUT2D eigenvalue weighted by molar-refractivity contribution is 5.82. The van der Waals surface area contributed by atoms with E-state index in [1.54, 1.807) is 10.9 Å². The number of fused-ring (bicyclic) bond motifs is 1. The summed E-state index contributed by atoms with van der Waals surface area (Å²) in [6.07, 6.45) is 0.907. The van der Waals surface area contributed by atoms with Gasteiger partial charge in [0.2, 0.25) is 5.95 Å². The van der Waals surface area contributed by atoms with Crippen molar-refractivity contribution in [2.45, 2.75) is 19.6 Å². The lowest BCUT2D eigenvalue weighted by atomic mass is 10.3. The lowest BCUT2D eigenvalue weighted by molar-refractivity contribution is 0.0340. The Morgan fingerprint density at radius 1 is 1.44 bits per heavy atom. The van der Waals surface area contributed by atoms with Crippen molar-refractivity contribution in [3.8, 4) is 0 Å². The number of imidazole rings is 1. The molecule has 8 nitrogen and oxygen atoms in total. The number of ether oxygens (including phenoxy) is 1. The average molecular weight is 252 g/mol. The van der Waals surface area contributed by atoms with Gasteiger partial charge in [-0.2, -0.15) is 9.97 Å². The Balaban J connectivity index is 2.23. The van der Waals surface area contributed by atoms with Gasteiger partial charge in [0.1, 0.15) is 5.52 Å². The highest BCUT2D eigenvalue weighted by atomic mass is 16.5. The quantitative estimate of drug-likeness (QED) is 0.648. The number of hydrogen-bond acceptors (Lipinski definition) is 7. The van der Waals surface area contributed by atoms with E-state index in [-0.39, 0.29) is 18.4 Å². The van der Waals surface area contributed by atoms with Gasteiger partial charge >= 0.3 is 0 Å².